The van der Waals surface area contributed by atoms with Gasteiger partial charge in [-0.3, -0.25) is 14.4 Å². The average Bonchev–Trinajstić information content (AvgIpc) is 2.70. The van der Waals surface area contributed by atoms with Crippen LogP contribution >= 0.6 is 0 Å². The van der Waals surface area contributed by atoms with E-state index in [9.17, 15) is 34.5 Å². The first-order valence-electron chi connectivity index (χ1n) is 10.1. The number of aliphatic hydroxyl groups excluding tert-OH is 2. The van der Waals surface area contributed by atoms with Gasteiger partial charge < -0.3 is 37.0 Å². The molecule has 0 aliphatic carbocycles. The van der Waals surface area contributed by atoms with Gasteiger partial charge in [0.2, 0.25) is 17.7 Å². The highest BCUT2D eigenvalue weighted by Gasteiger charge is 2.34. The number of carboxylic acid groups (broad SMARTS) is 1. The molecule has 0 saturated heterocycles. The van der Waals surface area contributed by atoms with Crippen molar-refractivity contribution in [2.24, 2.45) is 17.6 Å². The van der Waals surface area contributed by atoms with Gasteiger partial charge in [0.15, 0.2) is 0 Å². The van der Waals surface area contributed by atoms with Gasteiger partial charge in [0.05, 0.1) is 18.8 Å². The summed E-state index contributed by atoms with van der Waals surface area (Å²) in [5, 5.41) is 35.6. The highest BCUT2D eigenvalue weighted by molar-refractivity contribution is 5.94. The molecule has 0 saturated carbocycles. The Bertz CT molecular complexity index is 599. The molecule has 0 fully saturated rings. The molecule has 7 atom stereocenters. The second-order valence-electron chi connectivity index (χ2n) is 7.59. The van der Waals surface area contributed by atoms with Crippen LogP contribution in [0.25, 0.3) is 0 Å². The zero-order valence-electron chi connectivity index (χ0n) is 18.2. The smallest absolute Gasteiger partial charge is 0.326 e. The number of aliphatic carboxylic acids is 1. The first kappa shape index (κ1) is 27.8. The van der Waals surface area contributed by atoms with Crippen molar-refractivity contribution in [1.82, 2.24) is 16.0 Å². The van der Waals surface area contributed by atoms with Crippen LogP contribution in [0.5, 0.6) is 0 Å². The van der Waals surface area contributed by atoms with Gasteiger partial charge in [0.1, 0.15) is 18.1 Å². The van der Waals surface area contributed by atoms with Crippen molar-refractivity contribution < 1.29 is 34.5 Å². The van der Waals surface area contributed by atoms with Crippen molar-refractivity contribution in [1.29, 1.82) is 0 Å². The monoisotopic (exact) mass is 432 g/mol. The second kappa shape index (κ2) is 13.1. The highest BCUT2D eigenvalue weighted by Crippen LogP contribution is 2.09. The molecule has 174 valence electrons. The molecular weight excluding hydrogens is 396 g/mol. The van der Waals surface area contributed by atoms with Gasteiger partial charge in [-0.1, -0.05) is 40.5 Å². The van der Waals surface area contributed by atoms with Crippen molar-refractivity contribution in [3.63, 3.8) is 0 Å². The summed E-state index contributed by atoms with van der Waals surface area (Å²) >= 11 is 0. The van der Waals surface area contributed by atoms with Crippen molar-refractivity contribution in [3.05, 3.63) is 0 Å². The Kier molecular flexibility index (Phi) is 12.2. The molecule has 7 unspecified atom stereocenters. The maximum absolute atomic E-state index is 12.5. The Morgan fingerprint density at radius 3 is 1.73 bits per heavy atom. The zero-order chi connectivity index (χ0) is 23.6. The van der Waals surface area contributed by atoms with E-state index in [1.807, 2.05) is 6.92 Å². The fraction of sp³-hybridized carbons (Fsp3) is 0.789. The summed E-state index contributed by atoms with van der Waals surface area (Å²) in [4.78, 5) is 48.6. The van der Waals surface area contributed by atoms with E-state index in [0.717, 1.165) is 0 Å². The van der Waals surface area contributed by atoms with E-state index < -0.39 is 60.6 Å². The molecule has 0 bridgehead atoms. The summed E-state index contributed by atoms with van der Waals surface area (Å²) < 4.78 is 0. The van der Waals surface area contributed by atoms with E-state index in [4.69, 9.17) is 5.73 Å². The fourth-order valence-electron chi connectivity index (χ4n) is 2.56. The first-order chi connectivity index (χ1) is 13.9. The normalized spacial score (nSPS) is 18.1. The number of hydrogen-bond acceptors (Lipinski definition) is 7. The Morgan fingerprint density at radius 2 is 1.33 bits per heavy atom. The average molecular weight is 433 g/mol. The van der Waals surface area contributed by atoms with Crippen LogP contribution < -0.4 is 21.7 Å². The molecule has 0 aliphatic rings. The molecule has 0 radical (unpaired) electrons. The van der Waals surface area contributed by atoms with E-state index >= 15 is 0 Å². The Balaban J connectivity index is 5.26. The van der Waals surface area contributed by atoms with E-state index in [1.165, 1.54) is 6.92 Å². The van der Waals surface area contributed by atoms with Crippen molar-refractivity contribution in [3.8, 4) is 0 Å². The fourth-order valence-corrected chi connectivity index (χ4v) is 2.56. The van der Waals surface area contributed by atoms with Gasteiger partial charge in [-0.2, -0.15) is 0 Å². The molecule has 30 heavy (non-hydrogen) atoms. The molecule has 3 amide bonds. The summed E-state index contributed by atoms with van der Waals surface area (Å²) in [5.41, 5.74) is 5.81. The van der Waals surface area contributed by atoms with Crippen LogP contribution in [-0.4, -0.2) is 75.9 Å². The summed E-state index contributed by atoms with van der Waals surface area (Å²) in [6.45, 7) is 7.51. The number of nitrogens with one attached hydrogen (secondary N) is 3. The number of carbonyl (C=O) groups excluding carboxylic acids is 3. The third-order valence-corrected chi connectivity index (χ3v) is 5.21. The second-order valence-corrected chi connectivity index (χ2v) is 7.59. The van der Waals surface area contributed by atoms with E-state index in [-0.39, 0.29) is 11.8 Å². The SMILES string of the molecule is CCC(C)C(N)C(=O)NC(CO)C(=O)NC(C(=O)NC(C(=O)O)C(C)CC)C(C)O. The number of hydrogen-bond donors (Lipinski definition) is 7. The molecule has 0 aromatic carbocycles. The Hall–Kier alpha value is -2.24. The lowest BCUT2D eigenvalue weighted by Gasteiger charge is -2.27. The molecule has 0 aliphatic heterocycles. The minimum absolute atomic E-state index is 0.156. The molecule has 11 nitrogen and oxygen atoms in total. The molecule has 0 aromatic heterocycles. The first-order valence-corrected chi connectivity index (χ1v) is 10.1. The number of nitrogens with two attached hydrogens (primary N) is 1. The van der Waals surface area contributed by atoms with Crippen molar-refractivity contribution in [2.75, 3.05) is 6.61 Å². The van der Waals surface area contributed by atoms with Crippen LogP contribution in [-0.2, 0) is 19.2 Å². The summed E-state index contributed by atoms with van der Waals surface area (Å²) in [6, 6.07) is -4.98. The summed E-state index contributed by atoms with van der Waals surface area (Å²) in [7, 11) is 0. The number of amides is 3. The Morgan fingerprint density at radius 1 is 0.833 bits per heavy atom. The van der Waals surface area contributed by atoms with Crippen LogP contribution in [0.3, 0.4) is 0 Å². The van der Waals surface area contributed by atoms with Crippen LogP contribution in [0.15, 0.2) is 0 Å². The molecule has 0 spiro atoms. The van der Waals surface area contributed by atoms with E-state index in [2.05, 4.69) is 16.0 Å². The summed E-state index contributed by atoms with van der Waals surface area (Å²) in [6.07, 6.45) is -0.244. The van der Waals surface area contributed by atoms with Crippen LogP contribution in [0.1, 0.15) is 47.5 Å². The standard InChI is InChI=1S/C19H36N4O7/c1-6-9(3)13(20)17(27)21-12(8-24)16(26)23-15(11(5)25)18(28)22-14(19(29)30)10(4)7-2/h9-15,24-25H,6-8,20H2,1-5H3,(H,21,27)(H,22,28)(H,23,26)(H,29,30). The maximum Gasteiger partial charge on any atom is 0.326 e. The maximum atomic E-state index is 12.5. The zero-order valence-corrected chi connectivity index (χ0v) is 18.2. The topological polar surface area (TPSA) is 191 Å². The largest absolute Gasteiger partial charge is 0.480 e. The van der Waals surface area contributed by atoms with Crippen molar-refractivity contribution in [2.45, 2.75) is 77.7 Å². The molecule has 0 rings (SSSR count). The van der Waals surface area contributed by atoms with Crippen LogP contribution in [0.4, 0.5) is 0 Å². The van der Waals surface area contributed by atoms with Crippen LogP contribution in [0.2, 0.25) is 0 Å². The number of carbonyl (C=O) groups is 4. The molecule has 0 heterocycles. The van der Waals surface area contributed by atoms with E-state index in [1.54, 1.807) is 20.8 Å². The van der Waals surface area contributed by atoms with Crippen LogP contribution in [0, 0.1) is 11.8 Å². The minimum Gasteiger partial charge on any atom is -0.480 e. The molecule has 8 N–H and O–H groups in total. The molecule has 11 heteroatoms. The van der Waals surface area contributed by atoms with Gasteiger partial charge in [0.25, 0.3) is 0 Å². The summed E-state index contributed by atoms with van der Waals surface area (Å²) in [5.74, 6) is -4.24. The lowest BCUT2D eigenvalue weighted by Crippen LogP contribution is -2.61. The van der Waals surface area contributed by atoms with Gasteiger partial charge in [-0.15, -0.1) is 0 Å². The number of rotatable bonds is 13. The quantitative estimate of drug-likeness (QED) is 0.179. The molecule has 0 aromatic rings. The molecular formula is C19H36N4O7. The van der Waals surface area contributed by atoms with Gasteiger partial charge in [-0.25, -0.2) is 4.79 Å². The predicted octanol–water partition coefficient (Wildman–Crippen LogP) is -1.68. The number of carboxylic acids is 1. The van der Waals surface area contributed by atoms with Gasteiger partial charge in [0, 0.05) is 0 Å². The van der Waals surface area contributed by atoms with E-state index in [0.29, 0.717) is 12.8 Å². The Labute approximate surface area is 176 Å². The number of aliphatic hydroxyl groups is 2. The van der Waals surface area contributed by atoms with Gasteiger partial charge in [-0.05, 0) is 18.8 Å². The van der Waals surface area contributed by atoms with Gasteiger partial charge >= 0.3 is 5.97 Å². The predicted molar refractivity (Wildman–Crippen MR) is 109 cm³/mol. The highest BCUT2D eigenvalue weighted by atomic mass is 16.4. The lowest BCUT2D eigenvalue weighted by molar-refractivity contribution is -0.144. The van der Waals surface area contributed by atoms with Crippen molar-refractivity contribution >= 4 is 23.7 Å². The third kappa shape index (κ3) is 8.25. The lowest BCUT2D eigenvalue weighted by atomic mass is 9.98. The minimum atomic E-state index is -1.49. The third-order valence-electron chi connectivity index (χ3n) is 5.21.